The molecule has 1 rings (SSSR count). The molecular weight excluding hydrogens is 263 g/mol. The normalized spacial score (nSPS) is 9.92. The maximum atomic E-state index is 11.1. The number of Topliss-reactive ketones (excluding diaryl/α,β-unsaturated/α-hetero) is 1. The van der Waals surface area contributed by atoms with E-state index in [1.165, 1.54) is 0 Å². The molecule has 1 aromatic rings. The van der Waals surface area contributed by atoms with Gasteiger partial charge in [-0.2, -0.15) is 0 Å². The lowest BCUT2D eigenvalue weighted by Gasteiger charge is -2.00. The average molecular weight is 268 g/mol. The molecule has 0 bridgehead atoms. The zero-order valence-corrected chi connectivity index (χ0v) is 9.08. The molecule has 1 aromatic carbocycles. The quantitative estimate of drug-likeness (QED) is 0.592. The van der Waals surface area contributed by atoms with Gasteiger partial charge in [-0.05, 0) is 18.2 Å². The summed E-state index contributed by atoms with van der Waals surface area (Å²) in [7, 11) is 0. The van der Waals surface area contributed by atoms with Gasteiger partial charge in [0, 0.05) is 10.0 Å². The number of benzene rings is 1. The van der Waals surface area contributed by atoms with Gasteiger partial charge in [0.2, 0.25) is 0 Å². The Morgan fingerprint density at radius 1 is 1.50 bits per heavy atom. The van der Waals surface area contributed by atoms with Crippen LogP contribution in [0.15, 0.2) is 22.7 Å². The van der Waals surface area contributed by atoms with Gasteiger partial charge in [-0.1, -0.05) is 27.5 Å². The summed E-state index contributed by atoms with van der Waals surface area (Å²) >= 11 is 14.4. The van der Waals surface area contributed by atoms with E-state index in [4.69, 9.17) is 23.2 Å². The van der Waals surface area contributed by atoms with Crippen LogP contribution in [0.25, 0.3) is 0 Å². The minimum atomic E-state index is -0.164. The highest BCUT2D eigenvalue weighted by Crippen LogP contribution is 2.21. The summed E-state index contributed by atoms with van der Waals surface area (Å²) in [5, 5.41) is 0.434. The van der Waals surface area contributed by atoms with E-state index in [-0.39, 0.29) is 11.7 Å². The SMILES string of the molecule is O=C(CCl)c1cc(Br)ccc1Cl. The summed E-state index contributed by atoms with van der Waals surface area (Å²) in [6.07, 6.45) is 0. The number of carbonyl (C=O) groups excluding carboxylic acids is 1. The van der Waals surface area contributed by atoms with E-state index in [0.717, 1.165) is 4.47 Å². The summed E-state index contributed by atoms with van der Waals surface area (Å²) in [5.41, 5.74) is 0.459. The molecule has 12 heavy (non-hydrogen) atoms. The van der Waals surface area contributed by atoms with Gasteiger partial charge in [0.1, 0.15) is 0 Å². The molecule has 0 saturated heterocycles. The van der Waals surface area contributed by atoms with Gasteiger partial charge in [0.15, 0.2) is 5.78 Å². The standard InChI is InChI=1S/C8H5BrCl2O/c9-5-1-2-7(11)6(3-5)8(12)4-10/h1-3H,4H2. The molecular formula is C8H5BrCl2O. The van der Waals surface area contributed by atoms with Crippen LogP contribution in [-0.4, -0.2) is 11.7 Å². The molecule has 0 aliphatic rings. The third kappa shape index (κ3) is 2.22. The van der Waals surface area contributed by atoms with Crippen LogP contribution >= 0.6 is 39.1 Å². The first-order valence-corrected chi connectivity index (χ1v) is 4.90. The Morgan fingerprint density at radius 3 is 2.75 bits per heavy atom. The molecule has 0 spiro atoms. The van der Waals surface area contributed by atoms with Gasteiger partial charge in [-0.3, -0.25) is 4.79 Å². The van der Waals surface area contributed by atoms with Gasteiger partial charge in [0.05, 0.1) is 10.9 Å². The topological polar surface area (TPSA) is 17.1 Å². The fourth-order valence-corrected chi connectivity index (χ4v) is 1.51. The van der Waals surface area contributed by atoms with Crippen molar-refractivity contribution >= 4 is 44.9 Å². The molecule has 0 aliphatic carbocycles. The van der Waals surface area contributed by atoms with Crippen LogP contribution in [0.4, 0.5) is 0 Å². The molecule has 0 radical (unpaired) electrons. The number of hydrogen-bond acceptors (Lipinski definition) is 1. The van der Waals surface area contributed by atoms with Crippen molar-refractivity contribution in [1.29, 1.82) is 0 Å². The van der Waals surface area contributed by atoms with E-state index < -0.39 is 0 Å². The Kier molecular flexibility index (Phi) is 3.56. The Balaban J connectivity index is 3.13. The van der Waals surface area contributed by atoms with Crippen molar-refractivity contribution in [3.8, 4) is 0 Å². The highest BCUT2D eigenvalue weighted by molar-refractivity contribution is 9.10. The van der Waals surface area contributed by atoms with E-state index >= 15 is 0 Å². The molecule has 1 nitrogen and oxygen atoms in total. The minimum Gasteiger partial charge on any atom is -0.293 e. The van der Waals surface area contributed by atoms with Crippen molar-refractivity contribution in [2.45, 2.75) is 0 Å². The summed E-state index contributed by atoms with van der Waals surface area (Å²) < 4.78 is 0.820. The highest BCUT2D eigenvalue weighted by Gasteiger charge is 2.08. The van der Waals surface area contributed by atoms with Crippen molar-refractivity contribution in [3.63, 3.8) is 0 Å². The molecule has 64 valence electrons. The first kappa shape index (κ1) is 10.0. The van der Waals surface area contributed by atoms with Crippen molar-refractivity contribution in [1.82, 2.24) is 0 Å². The maximum absolute atomic E-state index is 11.1. The van der Waals surface area contributed by atoms with Crippen LogP contribution in [0.3, 0.4) is 0 Å². The average Bonchev–Trinajstić information content (AvgIpc) is 2.08. The number of halogens is 3. The van der Waals surface area contributed by atoms with E-state index in [2.05, 4.69) is 15.9 Å². The van der Waals surface area contributed by atoms with Crippen LogP contribution in [0.2, 0.25) is 5.02 Å². The minimum absolute atomic E-state index is 0.0455. The maximum Gasteiger partial charge on any atom is 0.179 e. The highest BCUT2D eigenvalue weighted by atomic mass is 79.9. The van der Waals surface area contributed by atoms with Gasteiger partial charge >= 0.3 is 0 Å². The fourth-order valence-electron chi connectivity index (χ4n) is 0.783. The van der Waals surface area contributed by atoms with Crippen LogP contribution in [0, 0.1) is 0 Å². The summed E-state index contributed by atoms with van der Waals surface area (Å²) in [6, 6.07) is 5.09. The van der Waals surface area contributed by atoms with Crippen LogP contribution in [0.1, 0.15) is 10.4 Å². The van der Waals surface area contributed by atoms with E-state index in [1.807, 2.05) is 0 Å². The van der Waals surface area contributed by atoms with Gasteiger partial charge in [0.25, 0.3) is 0 Å². The molecule has 0 atom stereocenters. The number of rotatable bonds is 2. The smallest absolute Gasteiger partial charge is 0.179 e. The molecule has 4 heteroatoms. The van der Waals surface area contributed by atoms with Gasteiger partial charge in [-0.15, -0.1) is 11.6 Å². The Hall–Kier alpha value is -0.0500. The van der Waals surface area contributed by atoms with Crippen LogP contribution in [0.5, 0.6) is 0 Å². The lowest BCUT2D eigenvalue weighted by molar-refractivity contribution is 0.102. The third-order valence-corrected chi connectivity index (χ3v) is 2.42. The predicted octanol–water partition coefficient (Wildman–Crippen LogP) is 3.52. The Morgan fingerprint density at radius 2 is 2.17 bits per heavy atom. The molecule has 0 aromatic heterocycles. The molecule has 0 saturated carbocycles. The zero-order valence-electron chi connectivity index (χ0n) is 5.98. The summed E-state index contributed by atoms with van der Waals surface area (Å²) in [4.78, 5) is 11.1. The molecule has 0 aliphatic heterocycles. The van der Waals surface area contributed by atoms with Crippen molar-refractivity contribution in [2.75, 3.05) is 5.88 Å². The summed E-state index contributed by atoms with van der Waals surface area (Å²) in [6.45, 7) is 0. The lowest BCUT2D eigenvalue weighted by Crippen LogP contribution is -2.00. The summed E-state index contributed by atoms with van der Waals surface area (Å²) in [5.74, 6) is -0.209. The van der Waals surface area contributed by atoms with E-state index in [0.29, 0.717) is 10.6 Å². The number of hydrogen-bond donors (Lipinski definition) is 0. The van der Waals surface area contributed by atoms with Gasteiger partial charge in [-0.25, -0.2) is 0 Å². The van der Waals surface area contributed by atoms with E-state index in [9.17, 15) is 4.79 Å². The zero-order chi connectivity index (χ0) is 9.14. The second-order valence-corrected chi connectivity index (χ2v) is 3.77. The predicted molar refractivity (Wildman–Crippen MR) is 54.2 cm³/mol. The Labute approximate surface area is 88.8 Å². The first-order valence-electron chi connectivity index (χ1n) is 3.19. The first-order chi connectivity index (χ1) is 5.65. The molecule has 0 N–H and O–H groups in total. The largest absolute Gasteiger partial charge is 0.293 e. The van der Waals surface area contributed by atoms with Crippen LogP contribution < -0.4 is 0 Å². The molecule has 0 unspecified atom stereocenters. The van der Waals surface area contributed by atoms with Crippen LogP contribution in [-0.2, 0) is 0 Å². The van der Waals surface area contributed by atoms with E-state index in [1.54, 1.807) is 18.2 Å². The number of ketones is 1. The number of alkyl halides is 1. The lowest BCUT2D eigenvalue weighted by atomic mass is 10.1. The van der Waals surface area contributed by atoms with Crippen molar-refractivity contribution in [2.24, 2.45) is 0 Å². The second kappa shape index (κ2) is 4.26. The number of carbonyl (C=O) groups is 1. The monoisotopic (exact) mass is 266 g/mol. The fraction of sp³-hybridized carbons (Fsp3) is 0.125. The second-order valence-electron chi connectivity index (χ2n) is 2.18. The molecule has 0 fully saturated rings. The molecule has 0 heterocycles. The Bertz CT molecular complexity index is 312. The molecule has 0 amide bonds. The van der Waals surface area contributed by atoms with Crippen molar-refractivity contribution < 1.29 is 4.79 Å². The van der Waals surface area contributed by atoms with Gasteiger partial charge < -0.3 is 0 Å². The van der Waals surface area contributed by atoms with Crippen molar-refractivity contribution in [3.05, 3.63) is 33.3 Å². The third-order valence-electron chi connectivity index (χ3n) is 1.35.